The molecular formula is C24H24N4O2S. The molecular weight excluding hydrogens is 408 g/mol. The quantitative estimate of drug-likeness (QED) is 0.539. The molecule has 1 aliphatic heterocycles. The van der Waals surface area contributed by atoms with Gasteiger partial charge in [-0.25, -0.2) is 0 Å². The van der Waals surface area contributed by atoms with Gasteiger partial charge >= 0.3 is 0 Å². The van der Waals surface area contributed by atoms with Gasteiger partial charge in [-0.2, -0.15) is 0 Å². The van der Waals surface area contributed by atoms with Crippen LogP contribution in [0.3, 0.4) is 0 Å². The van der Waals surface area contributed by atoms with Crippen molar-refractivity contribution in [1.82, 2.24) is 9.88 Å². The number of thiocarbonyl (C=S) groups is 1. The van der Waals surface area contributed by atoms with Crippen LogP contribution in [-0.2, 0) is 0 Å². The summed E-state index contributed by atoms with van der Waals surface area (Å²) in [6.45, 7) is 3.63. The maximum absolute atomic E-state index is 12.5. The minimum Gasteiger partial charge on any atom is -0.457 e. The number of benzene rings is 2. The van der Waals surface area contributed by atoms with Crippen molar-refractivity contribution >= 4 is 34.6 Å². The number of aryl methyl sites for hydroxylation is 1. The second-order valence-electron chi connectivity index (χ2n) is 7.45. The maximum Gasteiger partial charge on any atom is 0.272 e. The van der Waals surface area contributed by atoms with Gasteiger partial charge in [0.2, 0.25) is 0 Å². The lowest BCUT2D eigenvalue weighted by Crippen LogP contribution is -2.28. The minimum absolute atomic E-state index is 0.0444. The lowest BCUT2D eigenvalue weighted by atomic mass is 10.2. The van der Waals surface area contributed by atoms with Gasteiger partial charge in [0, 0.05) is 36.7 Å². The summed E-state index contributed by atoms with van der Waals surface area (Å²) in [6.07, 6.45) is 3.70. The molecule has 2 N–H and O–H groups in total. The van der Waals surface area contributed by atoms with E-state index in [4.69, 9.17) is 17.0 Å². The van der Waals surface area contributed by atoms with Crippen LogP contribution in [-0.4, -0.2) is 34.0 Å². The van der Waals surface area contributed by atoms with E-state index in [0.717, 1.165) is 37.3 Å². The van der Waals surface area contributed by atoms with Gasteiger partial charge in [-0.1, -0.05) is 17.7 Å². The summed E-state index contributed by atoms with van der Waals surface area (Å²) >= 11 is 5.38. The van der Waals surface area contributed by atoms with Crippen LogP contribution in [0.1, 0.15) is 28.9 Å². The van der Waals surface area contributed by atoms with Crippen molar-refractivity contribution in [1.29, 1.82) is 0 Å². The number of nitrogens with zero attached hydrogens (tertiary/aromatic N) is 2. The molecule has 0 spiro atoms. The Kier molecular flexibility index (Phi) is 6.43. The number of hydrogen-bond donors (Lipinski definition) is 2. The average Bonchev–Trinajstić information content (AvgIpc) is 3.31. The van der Waals surface area contributed by atoms with Gasteiger partial charge in [-0.15, -0.1) is 0 Å². The Hall–Kier alpha value is -3.45. The van der Waals surface area contributed by atoms with Gasteiger partial charge in [-0.05, 0) is 74.4 Å². The summed E-state index contributed by atoms with van der Waals surface area (Å²) in [5.74, 6) is 1.20. The molecule has 1 saturated heterocycles. The number of carbonyl (C=O) groups is 1. The van der Waals surface area contributed by atoms with E-state index < -0.39 is 0 Å². The maximum atomic E-state index is 12.5. The lowest BCUT2D eigenvalue weighted by Gasteiger charge is -2.15. The van der Waals surface area contributed by atoms with Crippen molar-refractivity contribution in [2.24, 2.45) is 0 Å². The molecule has 1 fully saturated rings. The predicted molar refractivity (Wildman–Crippen MR) is 127 cm³/mol. The van der Waals surface area contributed by atoms with Crippen molar-refractivity contribution in [3.63, 3.8) is 0 Å². The Morgan fingerprint density at radius 3 is 2.19 bits per heavy atom. The van der Waals surface area contributed by atoms with Gasteiger partial charge in [0.15, 0.2) is 5.11 Å². The number of likely N-dealkylation sites (tertiary alicyclic amines) is 1. The first-order chi connectivity index (χ1) is 15.1. The fourth-order valence-electron chi connectivity index (χ4n) is 3.35. The first-order valence-corrected chi connectivity index (χ1v) is 10.7. The topological polar surface area (TPSA) is 66.5 Å². The molecule has 0 unspecified atom stereocenters. The first kappa shape index (κ1) is 20.8. The molecule has 158 valence electrons. The molecule has 0 saturated carbocycles. The molecule has 1 amide bonds. The molecule has 3 aromatic rings. The summed E-state index contributed by atoms with van der Waals surface area (Å²) in [7, 11) is 0. The highest BCUT2D eigenvalue weighted by Crippen LogP contribution is 2.24. The van der Waals surface area contributed by atoms with Crippen molar-refractivity contribution in [3.8, 4) is 11.5 Å². The van der Waals surface area contributed by atoms with Crippen LogP contribution in [0.5, 0.6) is 11.5 Å². The largest absolute Gasteiger partial charge is 0.457 e. The highest BCUT2D eigenvalue weighted by Gasteiger charge is 2.20. The van der Waals surface area contributed by atoms with E-state index in [1.165, 1.54) is 5.56 Å². The molecule has 2 heterocycles. The van der Waals surface area contributed by atoms with Crippen molar-refractivity contribution in [2.45, 2.75) is 19.8 Å². The molecule has 31 heavy (non-hydrogen) atoms. The summed E-state index contributed by atoms with van der Waals surface area (Å²) in [5.41, 5.74) is 3.38. The predicted octanol–water partition coefficient (Wildman–Crippen LogP) is 5.23. The normalized spacial score (nSPS) is 13.0. The van der Waals surface area contributed by atoms with Crippen LogP contribution in [0.25, 0.3) is 0 Å². The third-order valence-corrected chi connectivity index (χ3v) is 5.21. The third kappa shape index (κ3) is 5.58. The number of anilines is 2. The molecule has 0 radical (unpaired) electrons. The second kappa shape index (κ2) is 9.57. The van der Waals surface area contributed by atoms with E-state index in [2.05, 4.69) is 15.6 Å². The SMILES string of the molecule is Cc1ccc(NC(=S)Nc2ccc(Oc3ccnc(C(=O)N4CCCC4)c3)cc2)cc1. The fourth-order valence-corrected chi connectivity index (χ4v) is 3.58. The van der Waals surface area contributed by atoms with Crippen LogP contribution in [0.4, 0.5) is 11.4 Å². The number of ether oxygens (including phenoxy) is 1. The number of pyridine rings is 1. The van der Waals surface area contributed by atoms with Crippen LogP contribution in [0.2, 0.25) is 0 Å². The molecule has 0 aliphatic carbocycles. The van der Waals surface area contributed by atoms with Gasteiger partial charge in [-0.3, -0.25) is 9.78 Å². The number of aromatic nitrogens is 1. The number of hydrogen-bond acceptors (Lipinski definition) is 4. The van der Waals surface area contributed by atoms with Crippen LogP contribution >= 0.6 is 12.2 Å². The highest BCUT2D eigenvalue weighted by molar-refractivity contribution is 7.80. The van der Waals surface area contributed by atoms with Crippen molar-refractivity contribution in [2.75, 3.05) is 23.7 Å². The van der Waals surface area contributed by atoms with Gasteiger partial charge in [0.1, 0.15) is 17.2 Å². The van der Waals surface area contributed by atoms with E-state index >= 15 is 0 Å². The Morgan fingerprint density at radius 2 is 1.55 bits per heavy atom. The number of rotatable bonds is 5. The zero-order valence-electron chi connectivity index (χ0n) is 17.3. The zero-order chi connectivity index (χ0) is 21.6. The fraction of sp³-hybridized carbons (Fsp3) is 0.208. The van der Waals surface area contributed by atoms with Crippen molar-refractivity contribution < 1.29 is 9.53 Å². The molecule has 1 aromatic heterocycles. The summed E-state index contributed by atoms with van der Waals surface area (Å²) in [6, 6.07) is 18.9. The Labute approximate surface area is 187 Å². The Morgan fingerprint density at radius 1 is 0.935 bits per heavy atom. The molecule has 2 aromatic carbocycles. The van der Waals surface area contributed by atoms with Gasteiger partial charge in [0.05, 0.1) is 0 Å². The third-order valence-electron chi connectivity index (χ3n) is 5.00. The molecule has 1 aliphatic rings. The average molecular weight is 433 g/mol. The summed E-state index contributed by atoms with van der Waals surface area (Å²) in [4.78, 5) is 18.6. The number of nitrogens with one attached hydrogen (secondary N) is 2. The van der Waals surface area contributed by atoms with E-state index in [9.17, 15) is 4.79 Å². The van der Waals surface area contributed by atoms with E-state index in [-0.39, 0.29) is 5.91 Å². The van der Waals surface area contributed by atoms with Gasteiger partial charge in [0.25, 0.3) is 5.91 Å². The standard InChI is InChI=1S/C24H24N4O2S/c1-17-4-6-18(7-5-17)26-24(31)27-19-8-10-20(11-9-19)30-21-12-13-25-22(16-21)23(29)28-14-2-3-15-28/h4-13,16H,2-3,14-15H2,1H3,(H2,26,27,31). The molecule has 4 rings (SSSR count). The Balaban J connectivity index is 1.35. The van der Waals surface area contributed by atoms with E-state index in [0.29, 0.717) is 22.3 Å². The monoisotopic (exact) mass is 432 g/mol. The van der Waals surface area contributed by atoms with Crippen LogP contribution < -0.4 is 15.4 Å². The lowest BCUT2D eigenvalue weighted by molar-refractivity contribution is 0.0786. The van der Waals surface area contributed by atoms with Gasteiger partial charge < -0.3 is 20.3 Å². The van der Waals surface area contributed by atoms with E-state index in [1.54, 1.807) is 18.3 Å². The Bertz CT molecular complexity index is 1060. The molecule has 6 nitrogen and oxygen atoms in total. The second-order valence-corrected chi connectivity index (χ2v) is 7.86. The van der Waals surface area contributed by atoms with Crippen LogP contribution in [0.15, 0.2) is 66.9 Å². The number of amides is 1. The summed E-state index contributed by atoms with van der Waals surface area (Å²) < 4.78 is 5.91. The van der Waals surface area contributed by atoms with Crippen LogP contribution in [0, 0.1) is 6.92 Å². The van der Waals surface area contributed by atoms with Crippen molar-refractivity contribution in [3.05, 3.63) is 78.1 Å². The smallest absolute Gasteiger partial charge is 0.272 e. The van der Waals surface area contributed by atoms with E-state index in [1.807, 2.05) is 60.4 Å². The first-order valence-electron chi connectivity index (χ1n) is 10.2. The zero-order valence-corrected chi connectivity index (χ0v) is 18.1. The number of carbonyl (C=O) groups excluding carboxylic acids is 1. The molecule has 7 heteroatoms. The highest BCUT2D eigenvalue weighted by atomic mass is 32.1. The minimum atomic E-state index is -0.0444. The molecule has 0 bridgehead atoms. The summed E-state index contributed by atoms with van der Waals surface area (Å²) in [5, 5.41) is 6.82. The molecule has 0 atom stereocenters.